The number of aryl methyl sites for hydroxylation is 2. The maximum absolute atomic E-state index is 11.7. The molecule has 1 unspecified atom stereocenters. The number of fused-ring (bicyclic) bond motifs is 1. The third-order valence-electron chi connectivity index (χ3n) is 4.01. The maximum Gasteiger partial charge on any atom is 0.259 e. The maximum atomic E-state index is 11.7. The van der Waals surface area contributed by atoms with Gasteiger partial charge in [0.25, 0.3) is 11.8 Å². The Morgan fingerprint density at radius 1 is 0.955 bits per heavy atom. The monoisotopic (exact) mass is 294 g/mol. The number of hydrogen-bond donors (Lipinski definition) is 2. The Labute approximate surface area is 129 Å². The molecule has 1 aliphatic heterocycles. The van der Waals surface area contributed by atoms with Crippen LogP contribution >= 0.6 is 0 Å². The first-order chi connectivity index (χ1) is 10.5. The van der Waals surface area contributed by atoms with Gasteiger partial charge in [-0.15, -0.1) is 0 Å². The standard InChI is InChI=1S/C18H18N2O2/c1-10-4-6-14(11(2)8-10)12(3)19-13-5-7-15-16(9-13)18(22)20-17(15)21/h4-9,12,19H,1-3H3,(H,20,21,22). The molecule has 2 amide bonds. The minimum atomic E-state index is -0.331. The van der Waals surface area contributed by atoms with Crippen molar-refractivity contribution in [3.8, 4) is 0 Å². The molecule has 112 valence electrons. The fourth-order valence-electron chi connectivity index (χ4n) is 2.90. The lowest BCUT2D eigenvalue weighted by Gasteiger charge is -2.18. The van der Waals surface area contributed by atoms with Crippen LogP contribution in [0.25, 0.3) is 0 Å². The highest BCUT2D eigenvalue weighted by molar-refractivity contribution is 6.21. The van der Waals surface area contributed by atoms with Crippen molar-refractivity contribution in [3.05, 3.63) is 64.2 Å². The van der Waals surface area contributed by atoms with Crippen LogP contribution in [0.4, 0.5) is 5.69 Å². The molecular formula is C18H18N2O2. The summed E-state index contributed by atoms with van der Waals surface area (Å²) in [7, 11) is 0. The van der Waals surface area contributed by atoms with E-state index in [1.54, 1.807) is 12.1 Å². The predicted molar refractivity (Wildman–Crippen MR) is 86.2 cm³/mol. The molecule has 22 heavy (non-hydrogen) atoms. The number of nitrogens with one attached hydrogen (secondary N) is 2. The molecule has 2 aromatic carbocycles. The summed E-state index contributed by atoms with van der Waals surface area (Å²) in [5.41, 5.74) is 5.38. The molecule has 4 nitrogen and oxygen atoms in total. The van der Waals surface area contributed by atoms with Crippen molar-refractivity contribution in [2.24, 2.45) is 0 Å². The highest BCUT2D eigenvalue weighted by atomic mass is 16.2. The number of benzene rings is 2. The zero-order chi connectivity index (χ0) is 15.9. The second kappa shape index (κ2) is 5.30. The number of rotatable bonds is 3. The van der Waals surface area contributed by atoms with E-state index in [1.807, 2.05) is 6.07 Å². The van der Waals surface area contributed by atoms with Crippen molar-refractivity contribution in [1.82, 2.24) is 5.32 Å². The average molecular weight is 294 g/mol. The molecule has 0 saturated heterocycles. The van der Waals surface area contributed by atoms with Crippen LogP contribution in [0.2, 0.25) is 0 Å². The summed E-state index contributed by atoms with van der Waals surface area (Å²) in [4.78, 5) is 23.3. The fraction of sp³-hybridized carbons (Fsp3) is 0.222. The van der Waals surface area contributed by atoms with Crippen molar-refractivity contribution in [1.29, 1.82) is 0 Å². The lowest BCUT2D eigenvalue weighted by Crippen LogP contribution is -2.19. The summed E-state index contributed by atoms with van der Waals surface area (Å²) in [6.45, 7) is 6.25. The van der Waals surface area contributed by atoms with E-state index >= 15 is 0 Å². The number of carbonyl (C=O) groups is 2. The lowest BCUT2D eigenvalue weighted by molar-refractivity contribution is 0.0879. The normalized spacial score (nSPS) is 14.5. The minimum absolute atomic E-state index is 0.110. The summed E-state index contributed by atoms with van der Waals surface area (Å²) >= 11 is 0. The Morgan fingerprint density at radius 3 is 2.41 bits per heavy atom. The number of amides is 2. The van der Waals surface area contributed by atoms with E-state index in [2.05, 4.69) is 49.6 Å². The average Bonchev–Trinajstić information content (AvgIpc) is 2.73. The van der Waals surface area contributed by atoms with Gasteiger partial charge in [0.1, 0.15) is 0 Å². The topological polar surface area (TPSA) is 58.2 Å². The van der Waals surface area contributed by atoms with Gasteiger partial charge in [0.2, 0.25) is 0 Å². The third kappa shape index (κ3) is 2.48. The predicted octanol–water partition coefficient (Wildman–Crippen LogP) is 3.36. The van der Waals surface area contributed by atoms with Crippen LogP contribution in [0.15, 0.2) is 36.4 Å². The van der Waals surface area contributed by atoms with Gasteiger partial charge in [-0.05, 0) is 50.1 Å². The quantitative estimate of drug-likeness (QED) is 0.853. The molecule has 2 aromatic rings. The summed E-state index contributed by atoms with van der Waals surface area (Å²) in [6, 6.07) is 11.7. The molecule has 0 fully saturated rings. The van der Waals surface area contributed by atoms with E-state index < -0.39 is 0 Å². The first-order valence-corrected chi connectivity index (χ1v) is 7.29. The van der Waals surface area contributed by atoms with Gasteiger partial charge in [0.15, 0.2) is 0 Å². The molecule has 0 radical (unpaired) electrons. The van der Waals surface area contributed by atoms with E-state index in [1.165, 1.54) is 16.7 Å². The smallest absolute Gasteiger partial charge is 0.259 e. The van der Waals surface area contributed by atoms with Gasteiger partial charge in [-0.25, -0.2) is 0 Å². The van der Waals surface area contributed by atoms with Crippen LogP contribution in [0.3, 0.4) is 0 Å². The van der Waals surface area contributed by atoms with Gasteiger partial charge < -0.3 is 5.32 Å². The van der Waals surface area contributed by atoms with Gasteiger partial charge in [-0.1, -0.05) is 23.8 Å². The third-order valence-corrected chi connectivity index (χ3v) is 4.01. The molecule has 0 spiro atoms. The Kier molecular flexibility index (Phi) is 3.45. The van der Waals surface area contributed by atoms with Crippen molar-refractivity contribution in [2.45, 2.75) is 26.8 Å². The number of imide groups is 1. The van der Waals surface area contributed by atoms with Crippen LogP contribution in [-0.2, 0) is 0 Å². The number of carbonyl (C=O) groups excluding carboxylic acids is 2. The molecule has 1 atom stereocenters. The summed E-state index contributed by atoms with van der Waals surface area (Å²) in [5.74, 6) is -0.656. The van der Waals surface area contributed by atoms with Gasteiger partial charge in [0, 0.05) is 11.7 Å². The molecule has 0 saturated carbocycles. The molecule has 2 N–H and O–H groups in total. The molecule has 0 bridgehead atoms. The highest BCUT2D eigenvalue weighted by Gasteiger charge is 2.26. The SMILES string of the molecule is Cc1ccc(C(C)Nc2ccc3c(c2)C(=O)NC3=O)c(C)c1. The Hall–Kier alpha value is -2.62. The second-order valence-electron chi connectivity index (χ2n) is 5.77. The summed E-state index contributed by atoms with van der Waals surface area (Å²) < 4.78 is 0. The van der Waals surface area contributed by atoms with Gasteiger partial charge in [-0.3, -0.25) is 14.9 Å². The highest BCUT2D eigenvalue weighted by Crippen LogP contribution is 2.26. The van der Waals surface area contributed by atoms with Gasteiger partial charge >= 0.3 is 0 Å². The minimum Gasteiger partial charge on any atom is -0.378 e. The molecule has 0 aliphatic carbocycles. The van der Waals surface area contributed by atoms with E-state index in [9.17, 15) is 9.59 Å². The lowest BCUT2D eigenvalue weighted by atomic mass is 10.00. The molecule has 1 heterocycles. The van der Waals surface area contributed by atoms with E-state index in [-0.39, 0.29) is 17.9 Å². The molecular weight excluding hydrogens is 276 g/mol. The molecule has 1 aliphatic rings. The van der Waals surface area contributed by atoms with Crippen LogP contribution < -0.4 is 10.6 Å². The van der Waals surface area contributed by atoms with Crippen LogP contribution in [0.1, 0.15) is 50.4 Å². The van der Waals surface area contributed by atoms with Gasteiger partial charge in [-0.2, -0.15) is 0 Å². The Bertz CT molecular complexity index is 781. The molecule has 0 aromatic heterocycles. The van der Waals surface area contributed by atoms with Crippen molar-refractivity contribution in [2.75, 3.05) is 5.32 Å². The number of anilines is 1. The van der Waals surface area contributed by atoms with Crippen molar-refractivity contribution < 1.29 is 9.59 Å². The summed E-state index contributed by atoms with van der Waals surface area (Å²) in [6.07, 6.45) is 0. The Morgan fingerprint density at radius 2 is 1.68 bits per heavy atom. The van der Waals surface area contributed by atoms with Crippen molar-refractivity contribution in [3.63, 3.8) is 0 Å². The van der Waals surface area contributed by atoms with E-state index in [0.717, 1.165) is 5.69 Å². The van der Waals surface area contributed by atoms with E-state index in [4.69, 9.17) is 0 Å². The van der Waals surface area contributed by atoms with Crippen molar-refractivity contribution >= 4 is 17.5 Å². The zero-order valence-corrected chi connectivity index (χ0v) is 12.9. The van der Waals surface area contributed by atoms with Crippen LogP contribution in [0.5, 0.6) is 0 Å². The second-order valence-corrected chi connectivity index (χ2v) is 5.77. The van der Waals surface area contributed by atoms with Crippen LogP contribution in [0, 0.1) is 13.8 Å². The Balaban J connectivity index is 1.86. The summed E-state index contributed by atoms with van der Waals surface area (Å²) in [5, 5.41) is 5.70. The first kappa shape index (κ1) is 14.3. The zero-order valence-electron chi connectivity index (χ0n) is 12.9. The van der Waals surface area contributed by atoms with E-state index in [0.29, 0.717) is 11.1 Å². The molecule has 4 heteroatoms. The van der Waals surface area contributed by atoms with Crippen LogP contribution in [-0.4, -0.2) is 11.8 Å². The van der Waals surface area contributed by atoms with Gasteiger partial charge in [0.05, 0.1) is 11.1 Å². The molecule has 3 rings (SSSR count). The fourth-order valence-corrected chi connectivity index (χ4v) is 2.90. The number of hydrogen-bond acceptors (Lipinski definition) is 3. The largest absolute Gasteiger partial charge is 0.378 e. The first-order valence-electron chi connectivity index (χ1n) is 7.29.